The molecular weight excluding hydrogens is 436 g/mol. The maximum Gasteiger partial charge on any atom is 0.326 e. The second kappa shape index (κ2) is 13.0. The summed E-state index contributed by atoms with van der Waals surface area (Å²) in [4.78, 5) is 59.8. The molecule has 12 nitrogen and oxygen atoms in total. The van der Waals surface area contributed by atoms with E-state index in [1.165, 1.54) is 12.1 Å². The van der Waals surface area contributed by atoms with Crippen LogP contribution in [0, 0.1) is 5.92 Å². The van der Waals surface area contributed by atoms with Crippen molar-refractivity contribution in [1.82, 2.24) is 16.0 Å². The van der Waals surface area contributed by atoms with Crippen molar-refractivity contribution >= 4 is 29.7 Å². The summed E-state index contributed by atoms with van der Waals surface area (Å²) in [5.74, 6) is -5.22. The molecule has 33 heavy (non-hydrogen) atoms. The number of aliphatic carboxylic acids is 2. The van der Waals surface area contributed by atoms with Crippen molar-refractivity contribution in [3.05, 3.63) is 29.8 Å². The first-order chi connectivity index (χ1) is 15.4. The number of amides is 3. The SMILES string of the molecule is CC(C)C(NC(=O)C(CCC(=O)O)NC(=O)C(Cc1ccc(O)cc1)NC(=O)CN)C(=O)O. The first kappa shape index (κ1) is 27.4. The maximum atomic E-state index is 12.9. The molecule has 0 saturated carbocycles. The molecule has 0 aliphatic heterocycles. The number of hydrogen-bond acceptors (Lipinski definition) is 7. The van der Waals surface area contributed by atoms with Crippen LogP contribution in [-0.2, 0) is 30.4 Å². The van der Waals surface area contributed by atoms with E-state index in [4.69, 9.17) is 10.8 Å². The Labute approximate surface area is 190 Å². The molecule has 1 aromatic carbocycles. The van der Waals surface area contributed by atoms with Crippen LogP contribution >= 0.6 is 0 Å². The van der Waals surface area contributed by atoms with Gasteiger partial charge in [0.2, 0.25) is 17.7 Å². The van der Waals surface area contributed by atoms with Gasteiger partial charge in [0.05, 0.1) is 6.54 Å². The first-order valence-electron chi connectivity index (χ1n) is 10.3. The van der Waals surface area contributed by atoms with Crippen molar-refractivity contribution < 1.29 is 39.3 Å². The highest BCUT2D eigenvalue weighted by molar-refractivity contribution is 5.94. The van der Waals surface area contributed by atoms with Crippen LogP contribution in [-0.4, -0.2) is 69.7 Å². The zero-order valence-electron chi connectivity index (χ0n) is 18.4. The third-order valence-electron chi connectivity index (χ3n) is 4.72. The number of rotatable bonds is 13. The first-order valence-corrected chi connectivity index (χ1v) is 10.3. The zero-order chi connectivity index (χ0) is 25.1. The van der Waals surface area contributed by atoms with Crippen LogP contribution < -0.4 is 21.7 Å². The van der Waals surface area contributed by atoms with Crippen molar-refractivity contribution in [2.75, 3.05) is 6.54 Å². The molecule has 3 unspecified atom stereocenters. The lowest BCUT2D eigenvalue weighted by Gasteiger charge is -2.25. The molecule has 0 heterocycles. The average Bonchev–Trinajstić information content (AvgIpc) is 2.74. The fraction of sp³-hybridized carbons (Fsp3) is 0.476. The Bertz CT molecular complexity index is 856. The third kappa shape index (κ3) is 9.56. The van der Waals surface area contributed by atoms with Gasteiger partial charge in [-0.1, -0.05) is 26.0 Å². The van der Waals surface area contributed by atoms with E-state index in [9.17, 15) is 34.2 Å². The van der Waals surface area contributed by atoms with Crippen LogP contribution in [0.2, 0.25) is 0 Å². The van der Waals surface area contributed by atoms with Gasteiger partial charge in [-0.25, -0.2) is 4.79 Å². The summed E-state index contributed by atoms with van der Waals surface area (Å²) in [7, 11) is 0. The minimum absolute atomic E-state index is 0.00509. The number of phenolic OH excluding ortho intramolecular Hbond substituents is 1. The van der Waals surface area contributed by atoms with Crippen molar-refractivity contribution in [2.45, 2.75) is 51.2 Å². The predicted molar refractivity (Wildman–Crippen MR) is 116 cm³/mol. The highest BCUT2D eigenvalue weighted by Gasteiger charge is 2.31. The fourth-order valence-electron chi connectivity index (χ4n) is 2.91. The van der Waals surface area contributed by atoms with Gasteiger partial charge in [0.25, 0.3) is 0 Å². The van der Waals surface area contributed by atoms with E-state index in [1.807, 2.05) is 0 Å². The van der Waals surface area contributed by atoms with E-state index >= 15 is 0 Å². The van der Waals surface area contributed by atoms with Gasteiger partial charge < -0.3 is 37.0 Å². The zero-order valence-corrected chi connectivity index (χ0v) is 18.4. The largest absolute Gasteiger partial charge is 0.508 e. The summed E-state index contributed by atoms with van der Waals surface area (Å²) in [6.45, 7) is 2.77. The summed E-state index contributed by atoms with van der Waals surface area (Å²) in [5, 5.41) is 34.9. The topological polar surface area (TPSA) is 208 Å². The van der Waals surface area contributed by atoms with Crippen molar-refractivity contribution in [2.24, 2.45) is 11.7 Å². The standard InChI is InChI=1S/C21H30N4O8/c1-11(2)18(21(32)33)25-19(30)14(7-8-17(28)29)24-20(31)15(23-16(27)10-22)9-12-3-5-13(26)6-4-12/h3-6,11,14-15,18,26H,7-10,22H2,1-2H3,(H,23,27)(H,24,31)(H,25,30)(H,28,29)(H,32,33). The highest BCUT2D eigenvalue weighted by atomic mass is 16.4. The number of phenols is 1. The van der Waals surface area contributed by atoms with Gasteiger partial charge >= 0.3 is 11.9 Å². The number of aromatic hydroxyl groups is 1. The van der Waals surface area contributed by atoms with Crippen LogP contribution in [0.1, 0.15) is 32.3 Å². The summed E-state index contributed by atoms with van der Waals surface area (Å²) in [5.41, 5.74) is 5.90. The predicted octanol–water partition coefficient (Wildman–Crippen LogP) is -1.05. The molecule has 0 radical (unpaired) electrons. The van der Waals surface area contributed by atoms with E-state index in [1.54, 1.807) is 26.0 Å². The summed E-state index contributed by atoms with van der Waals surface area (Å²) >= 11 is 0. The van der Waals surface area contributed by atoms with Gasteiger partial charge in [0.1, 0.15) is 23.9 Å². The number of hydrogen-bond donors (Lipinski definition) is 7. The molecule has 3 amide bonds. The summed E-state index contributed by atoms with van der Waals surface area (Å²) < 4.78 is 0. The molecule has 0 saturated heterocycles. The monoisotopic (exact) mass is 466 g/mol. The molecule has 0 spiro atoms. The molecule has 0 aromatic heterocycles. The Morgan fingerprint density at radius 3 is 1.97 bits per heavy atom. The molecule has 1 rings (SSSR count). The van der Waals surface area contributed by atoms with Gasteiger partial charge in [-0.2, -0.15) is 0 Å². The molecule has 1 aromatic rings. The number of carboxylic acid groups (broad SMARTS) is 2. The van der Waals surface area contributed by atoms with Crippen molar-refractivity contribution in [3.8, 4) is 5.75 Å². The van der Waals surface area contributed by atoms with Crippen LogP contribution in [0.25, 0.3) is 0 Å². The molecule has 0 aliphatic carbocycles. The van der Waals surface area contributed by atoms with Gasteiger partial charge in [0.15, 0.2) is 0 Å². The van der Waals surface area contributed by atoms with Crippen LogP contribution in [0.4, 0.5) is 0 Å². The maximum absolute atomic E-state index is 12.9. The lowest BCUT2D eigenvalue weighted by Crippen LogP contribution is -2.57. The van der Waals surface area contributed by atoms with Gasteiger partial charge in [-0.05, 0) is 30.0 Å². The van der Waals surface area contributed by atoms with Gasteiger partial charge in [0, 0.05) is 12.8 Å². The molecule has 0 fully saturated rings. The van der Waals surface area contributed by atoms with Crippen LogP contribution in [0.15, 0.2) is 24.3 Å². The Balaban J connectivity index is 3.07. The Morgan fingerprint density at radius 2 is 1.48 bits per heavy atom. The molecule has 12 heteroatoms. The lowest BCUT2D eigenvalue weighted by atomic mass is 10.0. The number of nitrogens with one attached hydrogen (secondary N) is 3. The Morgan fingerprint density at radius 1 is 0.909 bits per heavy atom. The number of nitrogens with two attached hydrogens (primary N) is 1. The van der Waals surface area contributed by atoms with E-state index < -0.39 is 66.7 Å². The number of carbonyl (C=O) groups excluding carboxylic acids is 3. The molecule has 3 atom stereocenters. The van der Waals surface area contributed by atoms with E-state index in [2.05, 4.69) is 16.0 Å². The summed E-state index contributed by atoms with van der Waals surface area (Å²) in [6, 6.07) is 2.12. The second-order valence-electron chi connectivity index (χ2n) is 7.76. The molecule has 0 aliphatic rings. The number of benzene rings is 1. The van der Waals surface area contributed by atoms with Crippen molar-refractivity contribution in [1.29, 1.82) is 0 Å². The van der Waals surface area contributed by atoms with Gasteiger partial charge in [-0.15, -0.1) is 0 Å². The average molecular weight is 466 g/mol. The number of carbonyl (C=O) groups is 5. The lowest BCUT2D eigenvalue weighted by molar-refractivity contribution is -0.144. The fourth-order valence-corrected chi connectivity index (χ4v) is 2.91. The molecule has 182 valence electrons. The van der Waals surface area contributed by atoms with E-state index in [0.29, 0.717) is 5.56 Å². The number of carboxylic acids is 2. The highest BCUT2D eigenvalue weighted by Crippen LogP contribution is 2.12. The second-order valence-corrected chi connectivity index (χ2v) is 7.76. The van der Waals surface area contributed by atoms with E-state index in [-0.39, 0.29) is 18.6 Å². The smallest absolute Gasteiger partial charge is 0.326 e. The van der Waals surface area contributed by atoms with Gasteiger partial charge in [-0.3, -0.25) is 19.2 Å². The summed E-state index contributed by atoms with van der Waals surface area (Å²) in [6.07, 6.45) is -0.765. The minimum Gasteiger partial charge on any atom is -0.508 e. The van der Waals surface area contributed by atoms with Crippen LogP contribution in [0.5, 0.6) is 5.75 Å². The third-order valence-corrected chi connectivity index (χ3v) is 4.72. The molecule has 8 N–H and O–H groups in total. The Kier molecular flexibility index (Phi) is 10.8. The quantitative estimate of drug-likeness (QED) is 0.189. The van der Waals surface area contributed by atoms with E-state index in [0.717, 1.165) is 0 Å². The molecular formula is C21H30N4O8. The molecule has 0 bridgehead atoms. The van der Waals surface area contributed by atoms with Crippen molar-refractivity contribution in [3.63, 3.8) is 0 Å². The van der Waals surface area contributed by atoms with Crippen LogP contribution in [0.3, 0.4) is 0 Å². The normalized spacial score (nSPS) is 13.5. The minimum atomic E-state index is -1.36. The Hall–Kier alpha value is -3.67.